The van der Waals surface area contributed by atoms with E-state index in [1.165, 1.54) is 12.4 Å². The molecule has 10 nitrogen and oxygen atoms in total. The molecular formula is C30H29N7O3. The minimum absolute atomic E-state index is 0.0956. The number of aromatic nitrogens is 5. The van der Waals surface area contributed by atoms with Gasteiger partial charge in [-0.2, -0.15) is 5.10 Å². The number of hydrogen-bond donors (Lipinski definition) is 1. The number of anilines is 1. The van der Waals surface area contributed by atoms with E-state index in [2.05, 4.69) is 9.97 Å². The molecule has 0 aliphatic carbocycles. The number of hydrogen-bond acceptors (Lipinski definition) is 7. The second-order valence-corrected chi connectivity index (χ2v) is 9.87. The number of rotatable bonds is 5. The van der Waals surface area contributed by atoms with E-state index in [9.17, 15) is 9.59 Å². The molecule has 0 spiro atoms. The quantitative estimate of drug-likeness (QED) is 0.343. The summed E-state index contributed by atoms with van der Waals surface area (Å²) in [6.07, 6.45) is 4.53. The second kappa shape index (κ2) is 10.4. The average molecular weight is 536 g/mol. The van der Waals surface area contributed by atoms with Gasteiger partial charge in [-0.25, -0.2) is 14.6 Å². The zero-order valence-corrected chi connectivity index (χ0v) is 22.4. The fourth-order valence-electron chi connectivity index (χ4n) is 5.26. The van der Waals surface area contributed by atoms with Crippen molar-refractivity contribution in [1.82, 2.24) is 29.2 Å². The van der Waals surface area contributed by atoms with E-state index in [1.807, 2.05) is 62.4 Å². The molecule has 1 aliphatic heterocycles. The Kier molecular flexibility index (Phi) is 6.61. The van der Waals surface area contributed by atoms with Gasteiger partial charge in [0.1, 0.15) is 12.1 Å². The molecule has 4 heterocycles. The Morgan fingerprint density at radius 3 is 2.60 bits per heavy atom. The van der Waals surface area contributed by atoms with Crippen molar-refractivity contribution in [2.45, 2.75) is 20.4 Å². The lowest BCUT2D eigenvalue weighted by Gasteiger charge is -2.25. The van der Waals surface area contributed by atoms with Gasteiger partial charge in [-0.05, 0) is 48.6 Å². The van der Waals surface area contributed by atoms with Crippen LogP contribution in [0.2, 0.25) is 0 Å². The van der Waals surface area contributed by atoms with Gasteiger partial charge in [-0.3, -0.25) is 14.2 Å². The number of nitrogens with zero attached hydrogens (tertiary/aromatic N) is 6. The second-order valence-electron chi connectivity index (χ2n) is 9.87. The highest BCUT2D eigenvalue weighted by Crippen LogP contribution is 2.26. The number of morpholine rings is 1. The summed E-state index contributed by atoms with van der Waals surface area (Å²) in [5.74, 6) is 0.139. The first-order chi connectivity index (χ1) is 19.4. The van der Waals surface area contributed by atoms with Crippen molar-refractivity contribution in [3.8, 4) is 5.69 Å². The number of nitrogen functional groups attached to an aromatic ring is 1. The Morgan fingerprint density at radius 2 is 1.80 bits per heavy atom. The monoisotopic (exact) mass is 535 g/mol. The average Bonchev–Trinajstić information content (AvgIpc) is 3.31. The summed E-state index contributed by atoms with van der Waals surface area (Å²) >= 11 is 0. The maximum absolute atomic E-state index is 14.0. The molecule has 2 aromatic carbocycles. The number of carbonyl (C=O) groups is 1. The fourth-order valence-corrected chi connectivity index (χ4v) is 5.26. The highest BCUT2D eigenvalue weighted by Gasteiger charge is 2.20. The molecule has 1 aliphatic rings. The van der Waals surface area contributed by atoms with Gasteiger partial charge in [0.15, 0.2) is 5.65 Å². The van der Waals surface area contributed by atoms with Gasteiger partial charge in [0.2, 0.25) is 5.91 Å². The zero-order valence-electron chi connectivity index (χ0n) is 22.4. The van der Waals surface area contributed by atoms with Crippen LogP contribution in [0.4, 0.5) is 5.82 Å². The van der Waals surface area contributed by atoms with Crippen LogP contribution in [0.15, 0.2) is 65.7 Å². The predicted molar refractivity (Wildman–Crippen MR) is 154 cm³/mol. The minimum Gasteiger partial charge on any atom is -0.383 e. The molecule has 0 radical (unpaired) electrons. The van der Waals surface area contributed by atoms with Crippen molar-refractivity contribution in [1.29, 1.82) is 0 Å². The summed E-state index contributed by atoms with van der Waals surface area (Å²) in [5.41, 5.74) is 10.6. The number of fused-ring (bicyclic) bond motifs is 2. The van der Waals surface area contributed by atoms with E-state index in [4.69, 9.17) is 15.6 Å². The van der Waals surface area contributed by atoms with Crippen LogP contribution in [0, 0.1) is 13.8 Å². The molecule has 10 heteroatoms. The fraction of sp³-hybridized carbons (Fsp3) is 0.233. The van der Waals surface area contributed by atoms with Crippen molar-refractivity contribution < 1.29 is 9.53 Å². The SMILES string of the molecule is Cc1ccccc1-n1c(Cn2nc(C=CC(=O)N3CCOCC3)c3c(N)ncnc32)cc2cccc(C)c2c1=O. The first-order valence-corrected chi connectivity index (χ1v) is 13.1. The van der Waals surface area contributed by atoms with Gasteiger partial charge < -0.3 is 15.4 Å². The van der Waals surface area contributed by atoms with Crippen LogP contribution in [0.5, 0.6) is 0 Å². The minimum atomic E-state index is -0.125. The zero-order chi connectivity index (χ0) is 27.8. The van der Waals surface area contributed by atoms with Crippen LogP contribution in [-0.4, -0.2) is 61.4 Å². The van der Waals surface area contributed by atoms with E-state index in [1.54, 1.807) is 20.2 Å². The number of amides is 1. The van der Waals surface area contributed by atoms with Gasteiger partial charge >= 0.3 is 0 Å². The summed E-state index contributed by atoms with van der Waals surface area (Å²) in [4.78, 5) is 37.1. The molecule has 5 aromatic rings. The van der Waals surface area contributed by atoms with E-state index in [-0.39, 0.29) is 23.8 Å². The first-order valence-electron chi connectivity index (χ1n) is 13.1. The lowest BCUT2D eigenvalue weighted by atomic mass is 10.1. The third-order valence-corrected chi connectivity index (χ3v) is 7.29. The van der Waals surface area contributed by atoms with Gasteiger partial charge in [0.25, 0.3) is 5.56 Å². The molecular weight excluding hydrogens is 506 g/mol. The number of ether oxygens (including phenoxy) is 1. The Hall–Kier alpha value is -4.83. The molecule has 1 saturated heterocycles. The third-order valence-electron chi connectivity index (χ3n) is 7.29. The molecule has 3 aromatic heterocycles. The summed E-state index contributed by atoms with van der Waals surface area (Å²) in [5, 5.41) is 6.87. The Balaban J connectivity index is 1.49. The molecule has 0 saturated carbocycles. The van der Waals surface area contributed by atoms with Crippen LogP contribution in [-0.2, 0) is 16.1 Å². The third kappa shape index (κ3) is 4.52. The van der Waals surface area contributed by atoms with Crippen LogP contribution in [0.25, 0.3) is 33.6 Å². The van der Waals surface area contributed by atoms with E-state index in [0.29, 0.717) is 48.4 Å². The number of carbonyl (C=O) groups excluding carboxylic acids is 1. The molecule has 202 valence electrons. The van der Waals surface area contributed by atoms with Gasteiger partial charge in [0.05, 0.1) is 41.9 Å². The lowest BCUT2D eigenvalue weighted by Crippen LogP contribution is -2.39. The molecule has 0 bridgehead atoms. The van der Waals surface area contributed by atoms with Crippen molar-refractivity contribution in [3.05, 3.63) is 93.8 Å². The first kappa shape index (κ1) is 25.4. The number of benzene rings is 2. The Morgan fingerprint density at radius 1 is 1.02 bits per heavy atom. The van der Waals surface area contributed by atoms with Crippen molar-refractivity contribution >= 4 is 39.6 Å². The van der Waals surface area contributed by atoms with Gasteiger partial charge in [-0.1, -0.05) is 36.4 Å². The highest BCUT2D eigenvalue weighted by atomic mass is 16.5. The summed E-state index contributed by atoms with van der Waals surface area (Å²) in [7, 11) is 0. The predicted octanol–water partition coefficient (Wildman–Crippen LogP) is 3.25. The molecule has 0 atom stereocenters. The summed E-state index contributed by atoms with van der Waals surface area (Å²) in [6.45, 7) is 6.30. The number of pyridine rings is 1. The van der Waals surface area contributed by atoms with Crippen LogP contribution < -0.4 is 11.3 Å². The number of aryl methyl sites for hydroxylation is 2. The van der Waals surface area contributed by atoms with Crippen LogP contribution in [0.3, 0.4) is 0 Å². The largest absolute Gasteiger partial charge is 0.383 e. The molecule has 1 amide bonds. The van der Waals surface area contributed by atoms with E-state index in [0.717, 1.165) is 27.9 Å². The standard InChI is InChI=1S/C30H29N7O3/c1-19-6-3-4-9-24(19)37-22(16-21-8-5-7-20(2)26(21)30(37)39)17-36-29-27(28(31)32-18-33-29)23(34-36)10-11-25(38)35-12-14-40-15-13-35/h3-11,16,18H,12-15,17H2,1-2H3,(H2,31,32,33). The maximum Gasteiger partial charge on any atom is 0.263 e. The number of nitrogens with two attached hydrogens (primary N) is 1. The van der Waals surface area contributed by atoms with Crippen LogP contribution >= 0.6 is 0 Å². The molecule has 2 N–H and O–H groups in total. The van der Waals surface area contributed by atoms with E-state index < -0.39 is 0 Å². The Labute approximate surface area is 230 Å². The Bertz CT molecular complexity index is 1850. The van der Waals surface area contributed by atoms with Crippen molar-refractivity contribution in [2.75, 3.05) is 32.0 Å². The molecule has 0 unspecified atom stereocenters. The summed E-state index contributed by atoms with van der Waals surface area (Å²) in [6, 6.07) is 15.7. The summed E-state index contributed by atoms with van der Waals surface area (Å²) < 4.78 is 8.80. The van der Waals surface area contributed by atoms with Gasteiger partial charge in [0, 0.05) is 24.9 Å². The number of para-hydroxylation sites is 1. The molecule has 6 rings (SSSR count). The smallest absolute Gasteiger partial charge is 0.263 e. The molecule has 40 heavy (non-hydrogen) atoms. The van der Waals surface area contributed by atoms with Gasteiger partial charge in [-0.15, -0.1) is 0 Å². The highest BCUT2D eigenvalue weighted by molar-refractivity contribution is 5.97. The van der Waals surface area contributed by atoms with Crippen LogP contribution in [0.1, 0.15) is 22.5 Å². The topological polar surface area (TPSA) is 121 Å². The lowest BCUT2D eigenvalue weighted by molar-refractivity contribution is -0.129. The maximum atomic E-state index is 14.0. The van der Waals surface area contributed by atoms with Crippen molar-refractivity contribution in [3.63, 3.8) is 0 Å². The normalized spacial score (nSPS) is 14.0. The van der Waals surface area contributed by atoms with Crippen molar-refractivity contribution in [2.24, 2.45) is 0 Å². The van der Waals surface area contributed by atoms with E-state index >= 15 is 0 Å². The molecule has 1 fully saturated rings.